The van der Waals surface area contributed by atoms with Crippen LogP contribution >= 0.6 is 0 Å². The zero-order valence-electron chi connectivity index (χ0n) is 14.6. The van der Waals surface area contributed by atoms with Gasteiger partial charge in [-0.3, -0.25) is 19.9 Å². The summed E-state index contributed by atoms with van der Waals surface area (Å²) >= 11 is 0. The van der Waals surface area contributed by atoms with Gasteiger partial charge in [-0.05, 0) is 62.7 Å². The Morgan fingerprint density at radius 2 is 2.29 bits per heavy atom. The third-order valence-corrected chi connectivity index (χ3v) is 5.63. The molecular weight excluding hydrogens is 304 g/mol. The fourth-order valence-electron chi connectivity index (χ4n) is 4.17. The van der Waals surface area contributed by atoms with E-state index < -0.39 is 5.91 Å². The molecule has 0 aromatic carbocycles. The summed E-state index contributed by atoms with van der Waals surface area (Å²) in [4.78, 5) is 18.5. The molecule has 1 saturated carbocycles. The van der Waals surface area contributed by atoms with Crippen molar-refractivity contribution in [3.63, 3.8) is 0 Å². The van der Waals surface area contributed by atoms with Gasteiger partial charge in [0.2, 0.25) is 0 Å². The van der Waals surface area contributed by atoms with Gasteiger partial charge in [0.15, 0.2) is 0 Å². The van der Waals surface area contributed by atoms with Gasteiger partial charge < -0.3 is 5.32 Å². The smallest absolute Gasteiger partial charge is 0.276 e. The molecular formula is C18H28N4O2. The lowest BCUT2D eigenvalue weighted by Gasteiger charge is -2.51. The molecule has 3 N–H and O–H groups in total. The van der Waals surface area contributed by atoms with Gasteiger partial charge in [0, 0.05) is 25.3 Å². The zero-order chi connectivity index (χ0) is 17.2. The maximum Gasteiger partial charge on any atom is 0.276 e. The van der Waals surface area contributed by atoms with Gasteiger partial charge in [-0.2, -0.15) is 0 Å². The van der Waals surface area contributed by atoms with Crippen LogP contribution in [0.1, 0.15) is 54.2 Å². The first kappa shape index (κ1) is 17.3. The number of amides is 1. The van der Waals surface area contributed by atoms with Crippen LogP contribution in [0, 0.1) is 5.41 Å². The Balaban J connectivity index is 1.56. The van der Waals surface area contributed by atoms with Gasteiger partial charge in [0.1, 0.15) is 0 Å². The summed E-state index contributed by atoms with van der Waals surface area (Å²) in [6.45, 7) is 5.41. The third-order valence-electron chi connectivity index (χ3n) is 5.63. The highest BCUT2D eigenvalue weighted by atomic mass is 16.5. The molecule has 6 heteroatoms. The minimum atomic E-state index is -0.496. The second-order valence-electron chi connectivity index (χ2n) is 7.57. The third kappa shape index (κ3) is 3.61. The van der Waals surface area contributed by atoms with Crippen LogP contribution in [0.2, 0.25) is 0 Å². The molecule has 3 rings (SSSR count). The first-order valence-corrected chi connectivity index (χ1v) is 8.85. The molecule has 1 aromatic heterocycles. The number of fused-ring (bicyclic) bond motifs is 1. The van der Waals surface area contributed by atoms with Crippen molar-refractivity contribution >= 4 is 5.91 Å². The maximum atomic E-state index is 11.5. The molecule has 2 heterocycles. The summed E-state index contributed by atoms with van der Waals surface area (Å²) in [5.41, 5.74) is 4.79. The molecule has 0 bridgehead atoms. The molecule has 0 spiro atoms. The summed E-state index contributed by atoms with van der Waals surface area (Å²) in [6, 6.07) is 2.52. The fourth-order valence-corrected chi connectivity index (χ4v) is 4.17. The molecule has 1 aliphatic heterocycles. The van der Waals surface area contributed by atoms with Crippen LogP contribution in [-0.4, -0.2) is 47.2 Å². The van der Waals surface area contributed by atoms with E-state index in [0.717, 1.165) is 37.3 Å². The molecule has 24 heavy (non-hydrogen) atoms. The quantitative estimate of drug-likeness (QED) is 0.420. The highest BCUT2D eigenvalue weighted by Gasteiger charge is 2.43. The Morgan fingerprint density at radius 3 is 3.00 bits per heavy atom. The van der Waals surface area contributed by atoms with Crippen molar-refractivity contribution < 1.29 is 10.0 Å². The molecule has 0 unspecified atom stereocenters. The predicted octanol–water partition coefficient (Wildman–Crippen LogP) is 1.73. The molecule has 1 aromatic rings. The number of rotatable bonds is 6. The van der Waals surface area contributed by atoms with Crippen LogP contribution in [0.3, 0.4) is 0 Å². The average Bonchev–Trinajstić information content (AvgIpc) is 2.58. The lowest BCUT2D eigenvalue weighted by atomic mass is 9.63. The van der Waals surface area contributed by atoms with Crippen LogP contribution in [0.15, 0.2) is 12.3 Å². The first-order chi connectivity index (χ1) is 11.5. The Bertz CT molecular complexity index is 599. The van der Waals surface area contributed by atoms with Crippen LogP contribution in [-0.2, 0) is 13.0 Å². The molecule has 1 fully saturated rings. The van der Waals surface area contributed by atoms with Gasteiger partial charge in [-0.25, -0.2) is 5.48 Å². The second-order valence-corrected chi connectivity index (χ2v) is 7.57. The molecule has 1 amide bonds. The lowest BCUT2D eigenvalue weighted by molar-refractivity contribution is -0.00174. The van der Waals surface area contributed by atoms with Gasteiger partial charge in [-0.1, -0.05) is 6.92 Å². The van der Waals surface area contributed by atoms with Crippen molar-refractivity contribution in [1.82, 2.24) is 20.7 Å². The van der Waals surface area contributed by atoms with Crippen LogP contribution in [0.25, 0.3) is 0 Å². The van der Waals surface area contributed by atoms with E-state index in [1.807, 2.05) is 13.1 Å². The Labute approximate surface area is 143 Å². The minimum Gasteiger partial charge on any atom is -0.320 e. The van der Waals surface area contributed by atoms with Crippen molar-refractivity contribution in [3.05, 3.63) is 29.1 Å². The van der Waals surface area contributed by atoms with E-state index in [2.05, 4.69) is 22.1 Å². The molecule has 1 aliphatic carbocycles. The maximum absolute atomic E-state index is 11.5. The largest absolute Gasteiger partial charge is 0.320 e. The van der Waals surface area contributed by atoms with Crippen LogP contribution < -0.4 is 10.8 Å². The van der Waals surface area contributed by atoms with Gasteiger partial charge in [0.05, 0.1) is 11.3 Å². The molecule has 0 saturated heterocycles. The van der Waals surface area contributed by atoms with E-state index in [0.29, 0.717) is 17.0 Å². The second kappa shape index (κ2) is 7.17. The Hall–Kier alpha value is -1.50. The van der Waals surface area contributed by atoms with Crippen LogP contribution in [0.5, 0.6) is 0 Å². The normalized spacial score (nSPS) is 26.5. The number of hydrogen-bond acceptors (Lipinski definition) is 5. The van der Waals surface area contributed by atoms with Crippen molar-refractivity contribution in [1.29, 1.82) is 0 Å². The highest BCUT2D eigenvalue weighted by Crippen LogP contribution is 2.47. The van der Waals surface area contributed by atoms with Crippen molar-refractivity contribution in [2.75, 3.05) is 20.1 Å². The zero-order valence-corrected chi connectivity index (χ0v) is 14.6. The van der Waals surface area contributed by atoms with Crippen molar-refractivity contribution in [3.8, 4) is 0 Å². The van der Waals surface area contributed by atoms with Gasteiger partial charge >= 0.3 is 0 Å². The lowest BCUT2D eigenvalue weighted by Crippen LogP contribution is -2.51. The van der Waals surface area contributed by atoms with E-state index >= 15 is 0 Å². The SMILES string of the molecule is CNCCCC1(C)CC(N2CCc3cc(C(=O)NO)cnc3C2)C1. The molecule has 0 atom stereocenters. The van der Waals surface area contributed by atoms with Gasteiger partial charge in [0.25, 0.3) is 5.91 Å². The standard InChI is InChI=1S/C18H28N4O2/c1-18(5-3-6-19-2)9-15(10-18)22-7-4-13-8-14(17(23)21-24)11-20-16(13)12-22/h8,11,15,19,24H,3-7,9-10,12H2,1-2H3,(H,21,23). The summed E-state index contributed by atoms with van der Waals surface area (Å²) in [5, 5.41) is 12.0. The minimum absolute atomic E-state index is 0.422. The van der Waals surface area contributed by atoms with Crippen molar-refractivity contribution in [2.45, 2.75) is 51.6 Å². The van der Waals surface area contributed by atoms with E-state index in [1.165, 1.54) is 25.7 Å². The number of hydroxylamine groups is 1. The summed E-state index contributed by atoms with van der Waals surface area (Å²) < 4.78 is 0. The van der Waals surface area contributed by atoms with Crippen molar-refractivity contribution in [2.24, 2.45) is 5.41 Å². The number of hydrogen-bond donors (Lipinski definition) is 3. The summed E-state index contributed by atoms with van der Waals surface area (Å²) in [5.74, 6) is -0.496. The number of nitrogens with zero attached hydrogens (tertiary/aromatic N) is 2. The fraction of sp³-hybridized carbons (Fsp3) is 0.667. The van der Waals surface area contributed by atoms with E-state index in [4.69, 9.17) is 5.21 Å². The molecule has 132 valence electrons. The predicted molar refractivity (Wildman–Crippen MR) is 91.9 cm³/mol. The Kier molecular flexibility index (Phi) is 5.18. The number of aromatic nitrogens is 1. The Morgan fingerprint density at radius 1 is 1.50 bits per heavy atom. The summed E-state index contributed by atoms with van der Waals surface area (Å²) in [7, 11) is 2.01. The van der Waals surface area contributed by atoms with Gasteiger partial charge in [-0.15, -0.1) is 0 Å². The molecule has 0 radical (unpaired) electrons. The molecule has 2 aliphatic rings. The monoisotopic (exact) mass is 332 g/mol. The topological polar surface area (TPSA) is 77.5 Å². The van der Waals surface area contributed by atoms with Crippen LogP contribution in [0.4, 0.5) is 0 Å². The highest BCUT2D eigenvalue weighted by molar-refractivity contribution is 5.93. The average molecular weight is 332 g/mol. The summed E-state index contributed by atoms with van der Waals surface area (Å²) in [6.07, 6.45) is 7.57. The number of pyridine rings is 1. The first-order valence-electron chi connectivity index (χ1n) is 8.85. The van der Waals surface area contributed by atoms with E-state index in [9.17, 15) is 4.79 Å². The number of nitrogens with one attached hydrogen (secondary N) is 2. The molecule has 6 nitrogen and oxygen atoms in total. The van der Waals surface area contributed by atoms with E-state index in [-0.39, 0.29) is 0 Å². The number of carbonyl (C=O) groups is 1. The van der Waals surface area contributed by atoms with E-state index in [1.54, 1.807) is 11.7 Å². The number of carbonyl (C=O) groups excluding carboxylic acids is 1.